The molecular formula is C18H35N3O. The van der Waals surface area contributed by atoms with Crippen LogP contribution in [0.2, 0.25) is 0 Å². The quantitative estimate of drug-likeness (QED) is 0.866. The third-order valence-electron chi connectivity index (χ3n) is 5.61. The van der Waals surface area contributed by atoms with Gasteiger partial charge in [-0.25, -0.2) is 0 Å². The van der Waals surface area contributed by atoms with Gasteiger partial charge in [-0.15, -0.1) is 0 Å². The Bertz CT molecular complexity index is 369. The Morgan fingerprint density at radius 3 is 2.68 bits per heavy atom. The molecule has 2 unspecified atom stereocenters. The highest BCUT2D eigenvalue weighted by atomic mass is 16.2. The van der Waals surface area contributed by atoms with Crippen molar-refractivity contribution in [2.24, 2.45) is 5.41 Å². The maximum absolute atomic E-state index is 12.9. The summed E-state index contributed by atoms with van der Waals surface area (Å²) in [6.45, 7) is 11.0. The normalized spacial score (nSPS) is 30.9. The van der Waals surface area contributed by atoms with E-state index in [-0.39, 0.29) is 11.5 Å². The van der Waals surface area contributed by atoms with Gasteiger partial charge in [-0.1, -0.05) is 33.6 Å². The molecule has 0 aromatic rings. The predicted octanol–water partition coefficient (Wildman–Crippen LogP) is 2.49. The number of nitrogens with zero attached hydrogens (tertiary/aromatic N) is 2. The van der Waals surface area contributed by atoms with E-state index in [1.165, 1.54) is 32.2 Å². The van der Waals surface area contributed by atoms with Gasteiger partial charge in [0, 0.05) is 19.1 Å². The van der Waals surface area contributed by atoms with E-state index in [0.29, 0.717) is 11.9 Å². The van der Waals surface area contributed by atoms with Gasteiger partial charge in [-0.2, -0.15) is 0 Å². The molecule has 2 atom stereocenters. The van der Waals surface area contributed by atoms with Gasteiger partial charge in [0.2, 0.25) is 5.91 Å². The van der Waals surface area contributed by atoms with Gasteiger partial charge in [0.15, 0.2) is 0 Å². The highest BCUT2D eigenvalue weighted by Gasteiger charge is 2.35. The number of carbonyl (C=O) groups is 1. The van der Waals surface area contributed by atoms with Crippen LogP contribution in [0.3, 0.4) is 0 Å². The van der Waals surface area contributed by atoms with Crippen molar-refractivity contribution in [3.8, 4) is 0 Å². The monoisotopic (exact) mass is 309 g/mol. The number of hydrogen-bond acceptors (Lipinski definition) is 3. The minimum Gasteiger partial charge on any atom is -0.340 e. The van der Waals surface area contributed by atoms with Crippen LogP contribution in [0, 0.1) is 5.41 Å². The summed E-state index contributed by atoms with van der Waals surface area (Å²) in [6, 6.07) is 0.536. The molecule has 2 fully saturated rings. The van der Waals surface area contributed by atoms with Gasteiger partial charge in [0.1, 0.15) is 0 Å². The van der Waals surface area contributed by atoms with Crippen molar-refractivity contribution >= 4 is 5.91 Å². The number of nitrogens with one attached hydrogen (secondary N) is 1. The highest BCUT2D eigenvalue weighted by Crippen LogP contribution is 2.31. The van der Waals surface area contributed by atoms with E-state index in [0.717, 1.165) is 32.5 Å². The van der Waals surface area contributed by atoms with Crippen LogP contribution in [-0.4, -0.2) is 61.0 Å². The largest absolute Gasteiger partial charge is 0.340 e. The van der Waals surface area contributed by atoms with E-state index in [9.17, 15) is 4.79 Å². The Hall–Kier alpha value is -0.610. The molecule has 4 nitrogen and oxygen atoms in total. The third kappa shape index (κ3) is 4.45. The van der Waals surface area contributed by atoms with Crippen LogP contribution in [0.1, 0.15) is 59.3 Å². The molecule has 1 amide bonds. The topological polar surface area (TPSA) is 35.6 Å². The van der Waals surface area contributed by atoms with Crippen molar-refractivity contribution in [1.82, 2.24) is 15.1 Å². The number of likely N-dealkylation sites (tertiary alicyclic amines) is 2. The Morgan fingerprint density at radius 2 is 2.00 bits per heavy atom. The molecule has 4 heteroatoms. The van der Waals surface area contributed by atoms with Gasteiger partial charge in [0.25, 0.3) is 0 Å². The third-order valence-corrected chi connectivity index (χ3v) is 5.61. The summed E-state index contributed by atoms with van der Waals surface area (Å²) in [6.07, 6.45) is 7.25. The Kier molecular flexibility index (Phi) is 6.27. The lowest BCUT2D eigenvalue weighted by Crippen LogP contribution is -2.50. The predicted molar refractivity (Wildman–Crippen MR) is 91.9 cm³/mol. The molecule has 2 heterocycles. The van der Waals surface area contributed by atoms with Crippen LogP contribution < -0.4 is 5.32 Å². The summed E-state index contributed by atoms with van der Waals surface area (Å²) in [5.74, 6) is 0.313. The molecule has 2 aliphatic heterocycles. The van der Waals surface area contributed by atoms with Crippen LogP contribution in [0.5, 0.6) is 0 Å². The highest BCUT2D eigenvalue weighted by molar-refractivity contribution is 5.82. The molecule has 0 radical (unpaired) electrons. The van der Waals surface area contributed by atoms with Gasteiger partial charge < -0.3 is 10.2 Å². The number of rotatable bonds is 4. The molecule has 2 rings (SSSR count). The van der Waals surface area contributed by atoms with Gasteiger partial charge in [-0.3, -0.25) is 9.69 Å². The fourth-order valence-electron chi connectivity index (χ4n) is 4.03. The summed E-state index contributed by atoms with van der Waals surface area (Å²) in [5, 5.41) is 3.25. The second-order valence-electron chi connectivity index (χ2n) is 7.88. The second kappa shape index (κ2) is 7.78. The summed E-state index contributed by atoms with van der Waals surface area (Å²) in [5.41, 5.74) is 0.242. The van der Waals surface area contributed by atoms with Crippen molar-refractivity contribution in [1.29, 1.82) is 0 Å². The molecule has 2 saturated heterocycles. The molecule has 22 heavy (non-hydrogen) atoms. The average Bonchev–Trinajstić information content (AvgIpc) is 2.77. The molecular weight excluding hydrogens is 274 g/mol. The summed E-state index contributed by atoms with van der Waals surface area (Å²) in [4.78, 5) is 17.6. The van der Waals surface area contributed by atoms with Crippen LogP contribution in [0.25, 0.3) is 0 Å². The standard InChI is InChI=1S/C18H35N3O/c1-5-20-11-8-6-7-9-15(20)14-21-12-10-18(2,3)13-16(19-4)17(21)22/h15-16,19H,5-14H2,1-4H3. The van der Waals surface area contributed by atoms with Crippen molar-refractivity contribution in [3.63, 3.8) is 0 Å². The van der Waals surface area contributed by atoms with Crippen LogP contribution in [0.15, 0.2) is 0 Å². The van der Waals surface area contributed by atoms with Crippen molar-refractivity contribution < 1.29 is 4.79 Å². The summed E-state index contributed by atoms with van der Waals surface area (Å²) < 4.78 is 0. The summed E-state index contributed by atoms with van der Waals surface area (Å²) in [7, 11) is 1.92. The van der Waals surface area contributed by atoms with Crippen molar-refractivity contribution in [3.05, 3.63) is 0 Å². The first-order valence-corrected chi connectivity index (χ1v) is 9.17. The number of amides is 1. The number of likely N-dealkylation sites (N-methyl/N-ethyl adjacent to an activating group) is 2. The van der Waals surface area contributed by atoms with Crippen LogP contribution >= 0.6 is 0 Å². The lowest BCUT2D eigenvalue weighted by atomic mass is 9.83. The maximum atomic E-state index is 12.9. The molecule has 0 aromatic heterocycles. The molecule has 1 N–H and O–H groups in total. The minimum atomic E-state index is -0.0154. The van der Waals surface area contributed by atoms with Crippen LogP contribution in [-0.2, 0) is 4.79 Å². The molecule has 0 aromatic carbocycles. The maximum Gasteiger partial charge on any atom is 0.239 e. The molecule has 2 aliphatic rings. The van der Waals surface area contributed by atoms with E-state index in [1.54, 1.807) is 0 Å². The Balaban J connectivity index is 2.07. The van der Waals surface area contributed by atoms with E-state index in [1.807, 2.05) is 7.05 Å². The minimum absolute atomic E-state index is 0.0154. The van der Waals surface area contributed by atoms with Crippen LogP contribution in [0.4, 0.5) is 0 Å². The molecule has 0 bridgehead atoms. The number of hydrogen-bond donors (Lipinski definition) is 1. The molecule has 0 saturated carbocycles. The average molecular weight is 309 g/mol. The van der Waals surface area contributed by atoms with E-state index < -0.39 is 0 Å². The SMILES string of the molecule is CCN1CCCCCC1CN1CCC(C)(C)CC(NC)C1=O. The Morgan fingerprint density at radius 1 is 1.23 bits per heavy atom. The smallest absolute Gasteiger partial charge is 0.239 e. The number of carbonyl (C=O) groups excluding carboxylic acids is 1. The van der Waals surface area contributed by atoms with Crippen molar-refractivity contribution in [2.75, 3.05) is 33.2 Å². The summed E-state index contributed by atoms with van der Waals surface area (Å²) >= 11 is 0. The van der Waals surface area contributed by atoms with Crippen molar-refractivity contribution in [2.45, 2.75) is 71.4 Å². The first kappa shape index (κ1) is 17.7. The van der Waals surface area contributed by atoms with E-state index in [4.69, 9.17) is 0 Å². The van der Waals surface area contributed by atoms with E-state index >= 15 is 0 Å². The Labute approximate surface area is 136 Å². The zero-order valence-electron chi connectivity index (χ0n) is 15.0. The van der Waals surface area contributed by atoms with Gasteiger partial charge in [0.05, 0.1) is 6.04 Å². The first-order chi connectivity index (χ1) is 10.5. The fourth-order valence-corrected chi connectivity index (χ4v) is 4.03. The molecule has 128 valence electrons. The fraction of sp³-hybridized carbons (Fsp3) is 0.944. The first-order valence-electron chi connectivity index (χ1n) is 9.17. The zero-order chi connectivity index (χ0) is 16.2. The van der Waals surface area contributed by atoms with E-state index in [2.05, 4.69) is 35.9 Å². The molecule has 0 aliphatic carbocycles. The molecule has 0 spiro atoms. The zero-order valence-corrected chi connectivity index (χ0v) is 15.0. The lowest BCUT2D eigenvalue weighted by Gasteiger charge is -2.34. The lowest BCUT2D eigenvalue weighted by molar-refractivity contribution is -0.133. The van der Waals surface area contributed by atoms with Gasteiger partial charge >= 0.3 is 0 Å². The second-order valence-corrected chi connectivity index (χ2v) is 7.88. The van der Waals surface area contributed by atoms with Gasteiger partial charge in [-0.05, 0) is 51.2 Å².